The molecule has 2 nitrogen and oxygen atoms in total. The number of fused-ring (bicyclic) bond motifs is 6. The van der Waals surface area contributed by atoms with Gasteiger partial charge in [-0.25, -0.2) is 0 Å². The molecule has 274 valence electrons. The van der Waals surface area contributed by atoms with Gasteiger partial charge in [0, 0.05) is 43.3 Å². The Bertz CT molecular complexity index is 2370. The Morgan fingerprint density at radius 1 is 0.556 bits per heavy atom. The van der Waals surface area contributed by atoms with Gasteiger partial charge in [-0.15, -0.1) is 11.3 Å². The minimum absolute atomic E-state index is 0.0253. The molecule has 0 unspecified atom stereocenters. The van der Waals surface area contributed by atoms with Crippen LogP contribution in [0.15, 0.2) is 103 Å². The van der Waals surface area contributed by atoms with E-state index in [0.29, 0.717) is 5.92 Å². The maximum absolute atomic E-state index is 2.65. The van der Waals surface area contributed by atoms with Gasteiger partial charge in [0.25, 0.3) is 6.71 Å². The minimum atomic E-state index is 0.0253. The predicted molar refractivity (Wildman–Crippen MR) is 238 cm³/mol. The summed E-state index contributed by atoms with van der Waals surface area (Å²) in [5.41, 5.74) is 16.5. The highest BCUT2D eigenvalue weighted by Crippen LogP contribution is 2.50. The molecule has 1 aromatic heterocycles. The van der Waals surface area contributed by atoms with E-state index in [1.807, 2.05) is 11.3 Å². The normalized spacial score (nSPS) is 16.1. The van der Waals surface area contributed by atoms with E-state index in [0.717, 1.165) is 0 Å². The summed E-state index contributed by atoms with van der Waals surface area (Å²) in [4.78, 5) is 5.29. The first-order valence-electron chi connectivity index (χ1n) is 20.3. The third-order valence-electron chi connectivity index (χ3n) is 12.5. The maximum atomic E-state index is 2.65. The third kappa shape index (κ3) is 5.83. The summed E-state index contributed by atoms with van der Waals surface area (Å²) in [6, 6.07) is 40.7. The second-order valence-electron chi connectivity index (χ2n) is 19.3. The molecule has 0 atom stereocenters. The van der Waals surface area contributed by atoms with E-state index in [1.165, 1.54) is 114 Å². The number of thiophene rings is 1. The van der Waals surface area contributed by atoms with Crippen molar-refractivity contribution in [2.24, 2.45) is 0 Å². The van der Waals surface area contributed by atoms with Crippen LogP contribution in [0.1, 0.15) is 123 Å². The van der Waals surface area contributed by atoms with Gasteiger partial charge in [0.15, 0.2) is 0 Å². The van der Waals surface area contributed by atoms with Crippen molar-refractivity contribution >= 4 is 78.0 Å². The Labute approximate surface area is 328 Å². The highest BCUT2D eigenvalue weighted by molar-refractivity contribution is 7.33. The van der Waals surface area contributed by atoms with Gasteiger partial charge < -0.3 is 9.80 Å². The van der Waals surface area contributed by atoms with Crippen LogP contribution in [0.3, 0.4) is 0 Å². The smallest absolute Gasteiger partial charge is 0.264 e. The molecule has 3 heterocycles. The summed E-state index contributed by atoms with van der Waals surface area (Å²) in [5, 5.41) is 1.35. The van der Waals surface area contributed by atoms with E-state index in [1.54, 1.807) is 0 Å². The molecule has 1 fully saturated rings. The van der Waals surface area contributed by atoms with Crippen LogP contribution in [0.25, 0.3) is 10.1 Å². The standard InChI is InChI=1S/C50H55BN2S/c1-48(2,3)34-19-24-37(25-20-34)52-41-31-36(50(7,8)9)23-28-40(41)51-45-42(52)29-33(32-15-11-10-12-16-32)30-43(45)53(38-26-21-35(22-27-38)49(4,5)6)46-39-17-13-14-18-44(39)54-47(46)51/h13-14,17-32H,10-12,15-16H2,1-9H3. The van der Waals surface area contributed by atoms with Crippen LogP contribution in [0.4, 0.5) is 34.1 Å². The van der Waals surface area contributed by atoms with Crippen molar-refractivity contribution in [3.8, 4) is 0 Å². The quantitative estimate of drug-likeness (QED) is 0.167. The summed E-state index contributed by atoms with van der Waals surface area (Å²) in [6.45, 7) is 21.1. The summed E-state index contributed by atoms with van der Waals surface area (Å²) in [7, 11) is 0. The molecule has 5 aromatic carbocycles. The zero-order valence-corrected chi connectivity index (χ0v) is 34.6. The molecule has 0 spiro atoms. The first-order valence-corrected chi connectivity index (χ1v) is 21.2. The van der Waals surface area contributed by atoms with Crippen molar-refractivity contribution in [1.29, 1.82) is 0 Å². The first kappa shape index (κ1) is 35.4. The van der Waals surface area contributed by atoms with Gasteiger partial charge in [0.2, 0.25) is 0 Å². The predicted octanol–water partition coefficient (Wildman–Crippen LogP) is 12.9. The molecule has 54 heavy (non-hydrogen) atoms. The number of rotatable bonds is 3. The van der Waals surface area contributed by atoms with Crippen molar-refractivity contribution in [1.82, 2.24) is 0 Å². The molecular formula is C50H55BN2S. The van der Waals surface area contributed by atoms with Gasteiger partial charge in [0.05, 0.1) is 5.69 Å². The van der Waals surface area contributed by atoms with Gasteiger partial charge in [-0.2, -0.15) is 0 Å². The average molecular weight is 727 g/mol. The molecule has 1 saturated carbocycles. The van der Waals surface area contributed by atoms with Crippen LogP contribution in [-0.2, 0) is 16.2 Å². The molecule has 9 rings (SSSR count). The van der Waals surface area contributed by atoms with Crippen LogP contribution in [-0.4, -0.2) is 6.71 Å². The van der Waals surface area contributed by atoms with E-state index in [4.69, 9.17) is 0 Å². The van der Waals surface area contributed by atoms with Crippen LogP contribution >= 0.6 is 11.3 Å². The summed E-state index contributed by atoms with van der Waals surface area (Å²) in [6.07, 6.45) is 6.50. The molecule has 0 saturated heterocycles. The van der Waals surface area contributed by atoms with E-state index >= 15 is 0 Å². The zero-order chi connectivity index (χ0) is 37.7. The fourth-order valence-electron chi connectivity index (χ4n) is 9.35. The molecule has 1 aliphatic carbocycles. The van der Waals surface area contributed by atoms with Crippen LogP contribution < -0.4 is 25.5 Å². The van der Waals surface area contributed by atoms with Crippen molar-refractivity contribution < 1.29 is 0 Å². The Morgan fingerprint density at radius 3 is 1.69 bits per heavy atom. The Balaban J connectivity index is 1.38. The van der Waals surface area contributed by atoms with E-state index in [-0.39, 0.29) is 23.0 Å². The van der Waals surface area contributed by atoms with Crippen LogP contribution in [0.5, 0.6) is 0 Å². The van der Waals surface area contributed by atoms with Gasteiger partial charge in [0.1, 0.15) is 0 Å². The Kier molecular flexibility index (Phi) is 8.29. The first-order chi connectivity index (χ1) is 25.7. The van der Waals surface area contributed by atoms with Gasteiger partial charge in [-0.1, -0.05) is 136 Å². The number of hydrogen-bond acceptors (Lipinski definition) is 3. The lowest BCUT2D eigenvalue weighted by Gasteiger charge is -2.44. The molecule has 6 aromatic rings. The lowest BCUT2D eigenvalue weighted by atomic mass is 9.36. The third-order valence-corrected chi connectivity index (χ3v) is 13.7. The van der Waals surface area contributed by atoms with E-state index in [2.05, 4.69) is 175 Å². The number of nitrogens with zero attached hydrogens (tertiary/aromatic N) is 2. The molecule has 0 N–H and O–H groups in total. The fourth-order valence-corrected chi connectivity index (χ4v) is 10.7. The highest BCUT2D eigenvalue weighted by Gasteiger charge is 2.46. The monoisotopic (exact) mass is 726 g/mol. The SMILES string of the molecule is CC(C)(C)c1ccc(N2c3cc(C(C)(C)C)ccc3B3c4sc5ccccc5c4N(c4ccc(C(C)(C)C)cc4)c4cc(C5CCCCC5)cc2c43)cc1. The fraction of sp³-hybridized carbons (Fsp3) is 0.360. The Hall–Kier alpha value is -4.28. The van der Waals surface area contributed by atoms with Gasteiger partial charge >= 0.3 is 0 Å². The molecule has 0 amide bonds. The van der Waals surface area contributed by atoms with E-state index in [9.17, 15) is 0 Å². The second kappa shape index (κ2) is 12.6. The van der Waals surface area contributed by atoms with Crippen molar-refractivity contribution in [2.75, 3.05) is 9.80 Å². The Morgan fingerprint density at radius 2 is 1.09 bits per heavy atom. The summed E-state index contributed by atoms with van der Waals surface area (Å²) < 4.78 is 2.80. The molecule has 0 bridgehead atoms. The van der Waals surface area contributed by atoms with Gasteiger partial charge in [-0.3, -0.25) is 0 Å². The molecular weight excluding hydrogens is 671 g/mol. The number of benzene rings is 5. The number of anilines is 6. The second-order valence-corrected chi connectivity index (χ2v) is 20.4. The maximum Gasteiger partial charge on any atom is 0.264 e. The zero-order valence-electron chi connectivity index (χ0n) is 33.8. The molecule has 3 aliphatic rings. The summed E-state index contributed by atoms with van der Waals surface area (Å²) in [5.74, 6) is 0.567. The van der Waals surface area contributed by atoms with Crippen molar-refractivity contribution in [3.63, 3.8) is 0 Å². The van der Waals surface area contributed by atoms with Crippen LogP contribution in [0, 0.1) is 0 Å². The number of hydrogen-bond donors (Lipinski definition) is 0. The summed E-state index contributed by atoms with van der Waals surface area (Å²) >= 11 is 1.99. The van der Waals surface area contributed by atoms with Crippen molar-refractivity contribution in [3.05, 3.63) is 125 Å². The molecule has 4 heteroatoms. The molecule has 0 radical (unpaired) electrons. The van der Waals surface area contributed by atoms with Crippen LogP contribution in [0.2, 0.25) is 0 Å². The largest absolute Gasteiger partial charge is 0.311 e. The van der Waals surface area contributed by atoms with Crippen molar-refractivity contribution in [2.45, 2.75) is 117 Å². The lowest BCUT2D eigenvalue weighted by molar-refractivity contribution is 0.444. The lowest BCUT2D eigenvalue weighted by Crippen LogP contribution is -2.60. The van der Waals surface area contributed by atoms with Gasteiger partial charge in [-0.05, 0) is 117 Å². The molecule has 2 aliphatic heterocycles. The average Bonchev–Trinajstić information content (AvgIpc) is 3.53. The minimum Gasteiger partial charge on any atom is -0.311 e. The van der Waals surface area contributed by atoms with E-state index < -0.39 is 0 Å². The highest BCUT2D eigenvalue weighted by atomic mass is 32.1. The topological polar surface area (TPSA) is 6.48 Å².